The quantitative estimate of drug-likeness (QED) is 0.773. The number of carbonyl (C=O) groups excluding carboxylic acids is 3. The summed E-state index contributed by atoms with van der Waals surface area (Å²) in [4.78, 5) is 41.0. The van der Waals surface area contributed by atoms with Gasteiger partial charge in [0.15, 0.2) is 0 Å². The molecule has 8 heteroatoms. The highest BCUT2D eigenvalue weighted by Gasteiger charge is 2.40. The van der Waals surface area contributed by atoms with Crippen molar-refractivity contribution >= 4 is 23.4 Å². The Labute approximate surface area is 140 Å². The van der Waals surface area contributed by atoms with Gasteiger partial charge in [-0.15, -0.1) is 0 Å². The first-order chi connectivity index (χ1) is 11.5. The molecular weight excluding hydrogens is 310 g/mol. The molecule has 0 bridgehead atoms. The molecular formula is C16H21N5O3. The van der Waals surface area contributed by atoms with Gasteiger partial charge in [-0.25, -0.2) is 0 Å². The van der Waals surface area contributed by atoms with E-state index < -0.39 is 0 Å². The third-order valence-corrected chi connectivity index (χ3v) is 5.21. The molecule has 3 amide bonds. The topological polar surface area (TPSA) is 78.8 Å². The second-order valence-electron chi connectivity index (χ2n) is 6.90. The summed E-state index contributed by atoms with van der Waals surface area (Å²) in [5.74, 6) is 0.0392. The minimum atomic E-state index is -0.209. The van der Waals surface area contributed by atoms with Crippen LogP contribution in [0.4, 0.5) is 5.69 Å². The van der Waals surface area contributed by atoms with Crippen LogP contribution < -0.4 is 4.90 Å². The first kappa shape index (κ1) is 15.2. The highest BCUT2D eigenvalue weighted by atomic mass is 16.2. The van der Waals surface area contributed by atoms with Crippen molar-refractivity contribution in [1.82, 2.24) is 19.6 Å². The van der Waals surface area contributed by atoms with E-state index in [-0.39, 0.29) is 29.7 Å². The number of rotatable bonds is 3. The third-order valence-electron chi connectivity index (χ3n) is 5.21. The van der Waals surface area contributed by atoms with Crippen LogP contribution in [0.3, 0.4) is 0 Å². The van der Waals surface area contributed by atoms with Crippen LogP contribution in [0.5, 0.6) is 0 Å². The summed E-state index contributed by atoms with van der Waals surface area (Å²) < 4.78 is 1.84. The van der Waals surface area contributed by atoms with Crippen LogP contribution in [-0.2, 0) is 14.4 Å². The van der Waals surface area contributed by atoms with Gasteiger partial charge in [0.25, 0.3) is 0 Å². The largest absolute Gasteiger partial charge is 0.345 e. The molecule has 1 aromatic heterocycles. The number of carbonyl (C=O) groups is 3. The molecule has 128 valence electrons. The summed E-state index contributed by atoms with van der Waals surface area (Å²) in [6.07, 6.45) is 5.43. The van der Waals surface area contributed by atoms with Gasteiger partial charge >= 0.3 is 0 Å². The molecule has 8 nitrogen and oxygen atoms in total. The van der Waals surface area contributed by atoms with Crippen LogP contribution in [0.25, 0.3) is 0 Å². The van der Waals surface area contributed by atoms with E-state index in [4.69, 9.17) is 0 Å². The average Bonchev–Trinajstić information content (AvgIpc) is 3.19. The Morgan fingerprint density at radius 3 is 2.62 bits per heavy atom. The van der Waals surface area contributed by atoms with Crippen molar-refractivity contribution in [3.63, 3.8) is 0 Å². The molecule has 0 N–H and O–H groups in total. The molecule has 0 saturated carbocycles. The minimum Gasteiger partial charge on any atom is -0.345 e. The van der Waals surface area contributed by atoms with Crippen LogP contribution in [0.15, 0.2) is 12.4 Å². The monoisotopic (exact) mass is 331 g/mol. The Morgan fingerprint density at radius 2 is 2.00 bits per heavy atom. The first-order valence-corrected chi connectivity index (χ1v) is 8.40. The zero-order valence-electron chi connectivity index (χ0n) is 13.7. The van der Waals surface area contributed by atoms with Gasteiger partial charge in [0.2, 0.25) is 17.7 Å². The van der Waals surface area contributed by atoms with E-state index in [1.807, 2.05) is 10.9 Å². The van der Waals surface area contributed by atoms with E-state index in [0.717, 1.165) is 18.7 Å². The van der Waals surface area contributed by atoms with Gasteiger partial charge in [-0.2, -0.15) is 5.10 Å². The van der Waals surface area contributed by atoms with Crippen LogP contribution in [0.1, 0.15) is 25.3 Å². The Balaban J connectivity index is 1.34. The molecule has 1 unspecified atom stereocenters. The second-order valence-corrected chi connectivity index (χ2v) is 6.90. The summed E-state index contributed by atoms with van der Waals surface area (Å²) in [5, 5.41) is 4.36. The highest BCUT2D eigenvalue weighted by molar-refractivity contribution is 5.95. The van der Waals surface area contributed by atoms with Crippen LogP contribution in [0.2, 0.25) is 0 Å². The van der Waals surface area contributed by atoms with Gasteiger partial charge in [-0.1, -0.05) is 0 Å². The van der Waals surface area contributed by atoms with Crippen molar-refractivity contribution in [3.8, 4) is 0 Å². The smallest absolute Gasteiger partial charge is 0.228 e. The average molecular weight is 331 g/mol. The van der Waals surface area contributed by atoms with Crippen LogP contribution in [-0.4, -0.2) is 70.5 Å². The Hall–Kier alpha value is -2.38. The van der Waals surface area contributed by atoms with Crippen molar-refractivity contribution < 1.29 is 14.4 Å². The molecule has 1 aromatic rings. The molecule has 3 saturated heterocycles. The van der Waals surface area contributed by atoms with E-state index in [0.29, 0.717) is 32.5 Å². The number of aromatic nitrogens is 2. The van der Waals surface area contributed by atoms with Gasteiger partial charge in [0, 0.05) is 52.3 Å². The van der Waals surface area contributed by atoms with Gasteiger partial charge < -0.3 is 14.7 Å². The molecule has 3 aliphatic rings. The van der Waals surface area contributed by atoms with E-state index in [9.17, 15) is 14.4 Å². The molecule has 3 aliphatic heterocycles. The van der Waals surface area contributed by atoms with Crippen molar-refractivity contribution in [2.45, 2.75) is 25.3 Å². The van der Waals surface area contributed by atoms with Gasteiger partial charge in [-0.05, 0) is 6.42 Å². The maximum Gasteiger partial charge on any atom is 0.228 e. The maximum absolute atomic E-state index is 12.4. The molecule has 4 heterocycles. The highest BCUT2D eigenvalue weighted by Crippen LogP contribution is 2.28. The molecule has 0 radical (unpaired) electrons. The van der Waals surface area contributed by atoms with E-state index in [2.05, 4.69) is 5.10 Å². The predicted octanol–water partition coefficient (Wildman–Crippen LogP) is -0.128. The summed E-state index contributed by atoms with van der Waals surface area (Å²) in [6, 6.07) is 0.148. The Morgan fingerprint density at radius 1 is 1.21 bits per heavy atom. The number of likely N-dealkylation sites (tertiary alicyclic amines) is 2. The number of amides is 3. The van der Waals surface area contributed by atoms with Crippen molar-refractivity contribution in [3.05, 3.63) is 12.4 Å². The van der Waals surface area contributed by atoms with Crippen LogP contribution in [0, 0.1) is 5.92 Å². The molecule has 24 heavy (non-hydrogen) atoms. The second kappa shape index (κ2) is 5.61. The van der Waals surface area contributed by atoms with Crippen LogP contribution >= 0.6 is 0 Å². The summed E-state index contributed by atoms with van der Waals surface area (Å²) in [5.41, 5.74) is 0.838. The molecule has 0 spiro atoms. The maximum atomic E-state index is 12.4. The zero-order valence-corrected chi connectivity index (χ0v) is 13.7. The fourth-order valence-corrected chi connectivity index (χ4v) is 3.68. The summed E-state index contributed by atoms with van der Waals surface area (Å²) in [7, 11) is 1.74. The summed E-state index contributed by atoms with van der Waals surface area (Å²) >= 11 is 0. The molecule has 4 rings (SSSR count). The fraction of sp³-hybridized carbons (Fsp3) is 0.625. The van der Waals surface area contributed by atoms with Gasteiger partial charge in [0.1, 0.15) is 0 Å². The Kier molecular flexibility index (Phi) is 3.54. The van der Waals surface area contributed by atoms with E-state index in [1.54, 1.807) is 27.9 Å². The standard InChI is InChI=1S/C16H21N5O3/c1-18-7-11(5-15(18)23)16(24)19-8-13(9-19)21-10-12(6-17-21)20-4-2-3-14(20)22/h6,10-11,13H,2-5,7-9H2,1H3. The SMILES string of the molecule is CN1CC(C(=O)N2CC(n3cc(N4CCCC4=O)cn3)C2)CC1=O. The fourth-order valence-electron chi connectivity index (χ4n) is 3.68. The van der Waals surface area contributed by atoms with Gasteiger partial charge in [-0.3, -0.25) is 19.1 Å². The number of anilines is 1. The lowest BCUT2D eigenvalue weighted by molar-refractivity contribution is -0.141. The lowest BCUT2D eigenvalue weighted by Gasteiger charge is -2.40. The molecule has 3 fully saturated rings. The van der Waals surface area contributed by atoms with E-state index in [1.165, 1.54) is 0 Å². The van der Waals surface area contributed by atoms with Gasteiger partial charge in [0.05, 0.1) is 23.8 Å². The van der Waals surface area contributed by atoms with Crippen molar-refractivity contribution in [1.29, 1.82) is 0 Å². The Bertz CT molecular complexity index is 694. The number of hydrogen-bond donors (Lipinski definition) is 0. The van der Waals surface area contributed by atoms with Crippen molar-refractivity contribution in [2.24, 2.45) is 5.92 Å². The third kappa shape index (κ3) is 2.46. The van der Waals surface area contributed by atoms with E-state index >= 15 is 0 Å². The molecule has 0 aliphatic carbocycles. The minimum absolute atomic E-state index is 0.0393. The normalized spacial score (nSPS) is 24.9. The lowest BCUT2D eigenvalue weighted by atomic mass is 10.0. The zero-order chi connectivity index (χ0) is 16.8. The lowest BCUT2D eigenvalue weighted by Crippen LogP contribution is -2.53. The first-order valence-electron chi connectivity index (χ1n) is 8.40. The van der Waals surface area contributed by atoms with Crippen molar-refractivity contribution in [2.75, 3.05) is 38.1 Å². The summed E-state index contributed by atoms with van der Waals surface area (Å²) in [6.45, 7) is 2.50. The molecule has 0 aromatic carbocycles. The predicted molar refractivity (Wildman–Crippen MR) is 85.2 cm³/mol. The number of hydrogen-bond acceptors (Lipinski definition) is 4. The number of nitrogens with zero attached hydrogens (tertiary/aromatic N) is 5. The molecule has 1 atom stereocenters.